The molecule has 0 aliphatic carbocycles. The molecule has 0 aromatic heterocycles. The molecule has 0 aliphatic rings. The Balaban J connectivity index is 1.58. The number of amides is 4. The summed E-state index contributed by atoms with van der Waals surface area (Å²) < 4.78 is 19.0. The quantitative estimate of drug-likeness (QED) is 0.201. The first-order chi connectivity index (χ1) is 21.4. The van der Waals surface area contributed by atoms with Crippen molar-refractivity contribution in [3.05, 3.63) is 137 Å². The molecule has 0 unspecified atom stereocenters. The van der Waals surface area contributed by atoms with Gasteiger partial charge in [0.1, 0.15) is 17.6 Å². The van der Waals surface area contributed by atoms with Gasteiger partial charge in [-0.2, -0.15) is 0 Å². The molecule has 4 amide bonds. The molecule has 228 valence electrons. The van der Waals surface area contributed by atoms with Gasteiger partial charge in [-0.05, 0) is 72.0 Å². The maximum atomic E-state index is 14.1. The molecule has 9 heteroatoms. The number of benzene rings is 4. The molecular formula is C35H37FN4O4. The minimum atomic E-state index is -1.09. The van der Waals surface area contributed by atoms with Crippen LogP contribution in [-0.2, 0) is 30.7 Å². The molecule has 0 saturated heterocycles. The molecule has 0 aliphatic heterocycles. The first-order valence-electron chi connectivity index (χ1n) is 14.6. The van der Waals surface area contributed by atoms with E-state index >= 15 is 0 Å². The van der Waals surface area contributed by atoms with Crippen LogP contribution in [0.2, 0.25) is 0 Å². The molecule has 0 bridgehead atoms. The monoisotopic (exact) mass is 596 g/mol. The molecule has 0 fully saturated rings. The first-order valence-corrected chi connectivity index (χ1v) is 14.6. The van der Waals surface area contributed by atoms with Crippen molar-refractivity contribution < 1.29 is 23.5 Å². The van der Waals surface area contributed by atoms with E-state index < -0.39 is 29.7 Å². The Morgan fingerprint density at radius 3 is 2.09 bits per heavy atom. The summed E-state index contributed by atoms with van der Waals surface area (Å²) in [5.74, 6) is -0.929. The van der Waals surface area contributed by atoms with Crippen molar-refractivity contribution in [1.29, 1.82) is 0 Å². The Kier molecular flexibility index (Phi) is 11.6. The number of nitrogens with two attached hydrogens (primary N) is 1. The molecule has 0 saturated carbocycles. The number of ether oxygens (including phenoxy) is 1. The summed E-state index contributed by atoms with van der Waals surface area (Å²) in [7, 11) is 0. The fraction of sp³-hybridized carbons (Fsp3) is 0.229. The number of rotatable bonds is 13. The van der Waals surface area contributed by atoms with Crippen LogP contribution in [0, 0.1) is 5.82 Å². The molecule has 0 heterocycles. The van der Waals surface area contributed by atoms with Gasteiger partial charge < -0.3 is 21.1 Å². The lowest BCUT2D eigenvalue weighted by molar-refractivity contribution is -0.130. The second-order valence-corrected chi connectivity index (χ2v) is 10.2. The zero-order valence-electron chi connectivity index (χ0n) is 24.7. The standard InChI is InChI=1S/C35H37FN4O4/c1-2-44-31-18-12-26(13-19-31)22-32(39-33(41)29-14-16-30(36)17-15-29)34(42)40(21-20-25-6-4-3-5-7-25)35(43)38-24-28-10-8-27(23-37)9-11-28/h3-19,32H,2,20-24,37H2,1H3,(H,38,43)(H,39,41)/t32-/m1/s1. The maximum Gasteiger partial charge on any atom is 0.324 e. The Labute approximate surface area is 257 Å². The number of halogens is 1. The number of hydrogen-bond donors (Lipinski definition) is 3. The second kappa shape index (κ2) is 16.0. The molecule has 1 atom stereocenters. The van der Waals surface area contributed by atoms with Crippen LogP contribution < -0.4 is 21.1 Å². The molecule has 44 heavy (non-hydrogen) atoms. The number of imide groups is 1. The van der Waals surface area contributed by atoms with E-state index in [2.05, 4.69) is 10.6 Å². The highest BCUT2D eigenvalue weighted by atomic mass is 19.1. The zero-order valence-corrected chi connectivity index (χ0v) is 24.7. The van der Waals surface area contributed by atoms with E-state index in [0.29, 0.717) is 25.3 Å². The van der Waals surface area contributed by atoms with Crippen LogP contribution in [-0.4, -0.2) is 41.9 Å². The Hall–Kier alpha value is -5.02. The van der Waals surface area contributed by atoms with Crippen LogP contribution in [0.5, 0.6) is 5.75 Å². The van der Waals surface area contributed by atoms with Crippen LogP contribution in [0.25, 0.3) is 0 Å². The summed E-state index contributed by atoms with van der Waals surface area (Å²) in [5, 5.41) is 5.63. The van der Waals surface area contributed by atoms with Crippen molar-refractivity contribution in [3.63, 3.8) is 0 Å². The van der Waals surface area contributed by atoms with E-state index in [-0.39, 0.29) is 25.1 Å². The van der Waals surface area contributed by atoms with Gasteiger partial charge in [0, 0.05) is 31.6 Å². The molecule has 4 aromatic carbocycles. The van der Waals surface area contributed by atoms with E-state index in [4.69, 9.17) is 10.5 Å². The molecule has 4 aromatic rings. The van der Waals surface area contributed by atoms with Gasteiger partial charge in [-0.1, -0.05) is 66.7 Å². The van der Waals surface area contributed by atoms with Crippen molar-refractivity contribution in [2.45, 2.75) is 38.9 Å². The highest BCUT2D eigenvalue weighted by molar-refractivity contribution is 6.01. The van der Waals surface area contributed by atoms with Crippen LogP contribution in [0.4, 0.5) is 9.18 Å². The lowest BCUT2D eigenvalue weighted by Crippen LogP contribution is -2.54. The highest BCUT2D eigenvalue weighted by Gasteiger charge is 2.30. The van der Waals surface area contributed by atoms with Gasteiger partial charge in [0.2, 0.25) is 0 Å². The number of carbonyl (C=O) groups is 3. The predicted octanol–water partition coefficient (Wildman–Crippen LogP) is 5.01. The second-order valence-electron chi connectivity index (χ2n) is 10.2. The zero-order chi connectivity index (χ0) is 31.3. The lowest BCUT2D eigenvalue weighted by atomic mass is 10.0. The van der Waals surface area contributed by atoms with Crippen LogP contribution in [0.3, 0.4) is 0 Å². The largest absolute Gasteiger partial charge is 0.494 e. The van der Waals surface area contributed by atoms with Gasteiger partial charge in [-0.25, -0.2) is 9.18 Å². The van der Waals surface area contributed by atoms with Gasteiger partial charge in [0.05, 0.1) is 6.61 Å². The van der Waals surface area contributed by atoms with Crippen LogP contribution in [0.15, 0.2) is 103 Å². The smallest absolute Gasteiger partial charge is 0.324 e. The summed E-state index contributed by atoms with van der Waals surface area (Å²) in [6, 6.07) is 27.6. The number of nitrogens with one attached hydrogen (secondary N) is 2. The van der Waals surface area contributed by atoms with E-state index in [9.17, 15) is 18.8 Å². The third-order valence-electron chi connectivity index (χ3n) is 7.06. The summed E-state index contributed by atoms with van der Waals surface area (Å²) in [4.78, 5) is 42.1. The molecule has 8 nitrogen and oxygen atoms in total. The van der Waals surface area contributed by atoms with Gasteiger partial charge >= 0.3 is 6.03 Å². The van der Waals surface area contributed by atoms with Crippen molar-refractivity contribution in [3.8, 4) is 5.75 Å². The fourth-order valence-electron chi connectivity index (χ4n) is 4.62. The van der Waals surface area contributed by atoms with Crippen LogP contribution >= 0.6 is 0 Å². The molecule has 4 N–H and O–H groups in total. The molecular weight excluding hydrogens is 559 g/mol. The molecule has 0 spiro atoms. The molecule has 0 radical (unpaired) electrons. The van der Waals surface area contributed by atoms with Crippen molar-refractivity contribution in [1.82, 2.24) is 15.5 Å². The number of hydrogen-bond acceptors (Lipinski definition) is 5. The van der Waals surface area contributed by atoms with Gasteiger partial charge in [0.25, 0.3) is 11.8 Å². The predicted molar refractivity (Wildman–Crippen MR) is 167 cm³/mol. The SMILES string of the molecule is CCOc1ccc(C[C@@H](NC(=O)c2ccc(F)cc2)C(=O)N(CCc2ccccc2)C(=O)NCc2ccc(CN)cc2)cc1. The normalized spacial score (nSPS) is 11.3. The summed E-state index contributed by atoms with van der Waals surface area (Å²) in [6.07, 6.45) is 0.542. The maximum absolute atomic E-state index is 14.1. The number of carbonyl (C=O) groups excluding carboxylic acids is 3. The average Bonchev–Trinajstić information content (AvgIpc) is 3.05. The van der Waals surface area contributed by atoms with Crippen molar-refractivity contribution in [2.75, 3.05) is 13.2 Å². The third kappa shape index (κ3) is 9.24. The first kappa shape index (κ1) is 31.9. The minimum Gasteiger partial charge on any atom is -0.494 e. The van der Waals surface area contributed by atoms with E-state index in [1.165, 1.54) is 24.3 Å². The van der Waals surface area contributed by atoms with E-state index in [0.717, 1.165) is 27.2 Å². The van der Waals surface area contributed by atoms with Crippen molar-refractivity contribution in [2.24, 2.45) is 5.73 Å². The summed E-state index contributed by atoms with van der Waals surface area (Å²) >= 11 is 0. The number of nitrogens with zero attached hydrogens (tertiary/aromatic N) is 1. The van der Waals surface area contributed by atoms with Gasteiger partial charge in [0.15, 0.2) is 0 Å². The molecule has 4 rings (SSSR count). The summed E-state index contributed by atoms with van der Waals surface area (Å²) in [5.41, 5.74) is 9.41. The van der Waals surface area contributed by atoms with E-state index in [1.807, 2.05) is 73.7 Å². The fourth-order valence-corrected chi connectivity index (χ4v) is 4.62. The van der Waals surface area contributed by atoms with Crippen molar-refractivity contribution >= 4 is 17.8 Å². The number of urea groups is 1. The van der Waals surface area contributed by atoms with E-state index in [1.54, 1.807) is 12.1 Å². The average molecular weight is 597 g/mol. The van der Waals surface area contributed by atoms with Gasteiger partial charge in [-0.3, -0.25) is 14.5 Å². The Morgan fingerprint density at radius 1 is 0.818 bits per heavy atom. The Bertz CT molecular complexity index is 1510. The topological polar surface area (TPSA) is 114 Å². The lowest BCUT2D eigenvalue weighted by Gasteiger charge is -2.27. The van der Waals surface area contributed by atoms with Crippen LogP contribution in [0.1, 0.15) is 39.5 Å². The van der Waals surface area contributed by atoms with Gasteiger partial charge in [-0.15, -0.1) is 0 Å². The Morgan fingerprint density at radius 2 is 1.45 bits per heavy atom. The third-order valence-corrected chi connectivity index (χ3v) is 7.06. The minimum absolute atomic E-state index is 0.0903. The summed E-state index contributed by atoms with van der Waals surface area (Å²) in [6.45, 7) is 3.10. The highest BCUT2D eigenvalue weighted by Crippen LogP contribution is 2.16.